The lowest BCUT2D eigenvalue weighted by Crippen LogP contribution is -2.31. The number of aromatic nitrogens is 2. The Morgan fingerprint density at radius 1 is 1.27 bits per heavy atom. The van der Waals surface area contributed by atoms with E-state index in [1.165, 1.54) is 19.2 Å². The molecule has 0 spiro atoms. The van der Waals surface area contributed by atoms with Gasteiger partial charge in [-0.05, 0) is 24.6 Å². The van der Waals surface area contributed by atoms with E-state index >= 15 is 0 Å². The molecule has 2 aromatic rings. The number of methoxy groups -OCH3 is 1. The molecule has 1 aromatic carbocycles. The summed E-state index contributed by atoms with van der Waals surface area (Å²) in [5, 5.41) is 11.1. The molecule has 0 unspecified atom stereocenters. The molecule has 0 bridgehead atoms. The van der Waals surface area contributed by atoms with Crippen molar-refractivity contribution in [1.82, 2.24) is 10.2 Å². The lowest BCUT2D eigenvalue weighted by Gasteiger charge is -2.22. The molecule has 2 rings (SSSR count). The van der Waals surface area contributed by atoms with Crippen LogP contribution in [-0.2, 0) is 24.3 Å². The fourth-order valence-corrected chi connectivity index (χ4v) is 5.04. The van der Waals surface area contributed by atoms with E-state index in [2.05, 4.69) is 20.3 Å². The molecule has 0 aliphatic rings. The Kier molecular flexibility index (Phi) is 9.16. The number of thioether (sulfide) groups is 1. The maximum absolute atomic E-state index is 12.1. The lowest BCUT2D eigenvalue weighted by molar-refractivity contribution is -0.137. The average molecular weight is 513 g/mol. The number of rotatable bonds is 10. The van der Waals surface area contributed by atoms with Gasteiger partial charge in [0.05, 0.1) is 34.9 Å². The topological polar surface area (TPSA) is 119 Å². The second-order valence-electron chi connectivity index (χ2n) is 5.82. The molecule has 0 aliphatic heterocycles. The standard InChI is InChI=1S/C16H18Cl2N4O5S3/c1-27-14(24)9-28-16-21-20-15(29-16)19-13(23)4-3-7-22(30(2,25)26)10-5-6-11(17)12(18)8-10/h5-6,8H,3-4,7,9H2,1-2H3,(H,19,20,23). The van der Waals surface area contributed by atoms with Gasteiger partial charge >= 0.3 is 5.97 Å². The first-order chi connectivity index (χ1) is 14.1. The van der Waals surface area contributed by atoms with Crippen molar-refractivity contribution in [2.75, 3.05) is 35.3 Å². The summed E-state index contributed by atoms with van der Waals surface area (Å²) in [6, 6.07) is 4.51. The van der Waals surface area contributed by atoms with Crippen molar-refractivity contribution in [1.29, 1.82) is 0 Å². The largest absolute Gasteiger partial charge is 0.468 e. The molecular weight excluding hydrogens is 495 g/mol. The van der Waals surface area contributed by atoms with E-state index in [9.17, 15) is 18.0 Å². The molecule has 1 amide bonds. The van der Waals surface area contributed by atoms with E-state index in [0.717, 1.165) is 33.7 Å². The van der Waals surface area contributed by atoms with E-state index in [1.54, 1.807) is 6.07 Å². The fraction of sp³-hybridized carbons (Fsp3) is 0.375. The number of halogens is 2. The van der Waals surface area contributed by atoms with Crippen LogP contribution in [0.3, 0.4) is 0 Å². The summed E-state index contributed by atoms with van der Waals surface area (Å²) < 4.78 is 30.5. The summed E-state index contributed by atoms with van der Waals surface area (Å²) in [7, 11) is -2.28. The monoisotopic (exact) mass is 512 g/mol. The van der Waals surface area contributed by atoms with Gasteiger partial charge in [0.15, 0.2) is 4.34 Å². The SMILES string of the molecule is COC(=O)CSc1nnc(NC(=O)CCCN(c2ccc(Cl)c(Cl)c2)S(C)(=O)=O)s1. The van der Waals surface area contributed by atoms with Gasteiger partial charge in [0.25, 0.3) is 0 Å². The van der Waals surface area contributed by atoms with Crippen LogP contribution in [0.5, 0.6) is 0 Å². The van der Waals surface area contributed by atoms with Gasteiger partial charge < -0.3 is 10.1 Å². The maximum atomic E-state index is 12.1. The van der Waals surface area contributed by atoms with Crippen LogP contribution >= 0.6 is 46.3 Å². The number of anilines is 2. The summed E-state index contributed by atoms with van der Waals surface area (Å²) in [4.78, 5) is 23.3. The van der Waals surface area contributed by atoms with Crippen molar-refractivity contribution >= 4 is 79.0 Å². The summed E-state index contributed by atoms with van der Waals surface area (Å²) in [5.41, 5.74) is 0.365. The van der Waals surface area contributed by atoms with Crippen LogP contribution in [0, 0.1) is 0 Å². The van der Waals surface area contributed by atoms with Crippen molar-refractivity contribution < 1.29 is 22.7 Å². The second-order valence-corrected chi connectivity index (χ2v) is 10.7. The van der Waals surface area contributed by atoms with Gasteiger partial charge in [0.1, 0.15) is 0 Å². The maximum Gasteiger partial charge on any atom is 0.316 e. The summed E-state index contributed by atoms with van der Waals surface area (Å²) >= 11 is 14.1. The number of nitrogens with zero attached hydrogens (tertiary/aromatic N) is 3. The first-order valence-corrected chi connectivity index (χ1v) is 12.8. The highest BCUT2D eigenvalue weighted by Crippen LogP contribution is 2.29. The molecule has 30 heavy (non-hydrogen) atoms. The van der Waals surface area contributed by atoms with Crippen molar-refractivity contribution in [2.24, 2.45) is 0 Å². The summed E-state index contributed by atoms with van der Waals surface area (Å²) in [5.74, 6) is -0.633. The normalized spacial score (nSPS) is 11.2. The molecule has 0 atom stereocenters. The Balaban J connectivity index is 1.89. The van der Waals surface area contributed by atoms with E-state index in [4.69, 9.17) is 23.2 Å². The quantitative estimate of drug-likeness (QED) is 0.292. The minimum atomic E-state index is -3.58. The molecule has 9 nitrogen and oxygen atoms in total. The molecular formula is C16H18Cl2N4O5S3. The van der Waals surface area contributed by atoms with Crippen LogP contribution in [0.1, 0.15) is 12.8 Å². The Labute approximate surface area is 192 Å². The van der Waals surface area contributed by atoms with Crippen LogP contribution in [-0.4, -0.2) is 56.2 Å². The summed E-state index contributed by atoms with van der Waals surface area (Å²) in [6.07, 6.45) is 1.41. The summed E-state index contributed by atoms with van der Waals surface area (Å²) in [6.45, 7) is 0.0839. The molecule has 0 saturated heterocycles. The molecule has 164 valence electrons. The number of ether oxygens (including phenoxy) is 1. The van der Waals surface area contributed by atoms with E-state index in [0.29, 0.717) is 15.0 Å². The molecule has 1 N–H and O–H groups in total. The first-order valence-electron chi connectivity index (χ1n) is 8.36. The smallest absolute Gasteiger partial charge is 0.316 e. The number of hydrogen-bond acceptors (Lipinski definition) is 9. The highest BCUT2D eigenvalue weighted by atomic mass is 35.5. The molecule has 0 radical (unpaired) electrons. The third-order valence-electron chi connectivity index (χ3n) is 3.55. The Hall–Kier alpha value is -1.60. The molecule has 0 saturated carbocycles. The number of esters is 1. The highest BCUT2D eigenvalue weighted by molar-refractivity contribution is 8.01. The minimum absolute atomic E-state index is 0.0670. The van der Waals surface area contributed by atoms with E-state index < -0.39 is 16.0 Å². The zero-order valence-corrected chi connectivity index (χ0v) is 19.9. The zero-order chi connectivity index (χ0) is 22.3. The number of carbonyl (C=O) groups is 2. The van der Waals surface area contributed by atoms with Gasteiger partial charge in [-0.2, -0.15) is 0 Å². The van der Waals surface area contributed by atoms with Crippen molar-refractivity contribution in [3.8, 4) is 0 Å². The van der Waals surface area contributed by atoms with Gasteiger partial charge in [-0.25, -0.2) is 8.42 Å². The molecule has 14 heteroatoms. The number of sulfonamides is 1. The van der Waals surface area contributed by atoms with Gasteiger partial charge in [0.2, 0.25) is 21.1 Å². The Morgan fingerprint density at radius 2 is 2.00 bits per heavy atom. The first kappa shape index (κ1) is 24.7. The lowest BCUT2D eigenvalue weighted by atomic mass is 10.2. The number of nitrogens with one attached hydrogen (secondary N) is 1. The molecule has 1 aromatic heterocycles. The number of amides is 1. The predicted octanol–water partition coefficient (Wildman–Crippen LogP) is 3.29. The predicted molar refractivity (Wildman–Crippen MR) is 119 cm³/mol. The second kappa shape index (κ2) is 11.1. The number of carbonyl (C=O) groups excluding carboxylic acids is 2. The highest BCUT2D eigenvalue weighted by Gasteiger charge is 2.19. The van der Waals surface area contributed by atoms with Gasteiger partial charge in [-0.3, -0.25) is 13.9 Å². The minimum Gasteiger partial charge on any atom is -0.468 e. The van der Waals surface area contributed by atoms with Crippen LogP contribution in [0.25, 0.3) is 0 Å². The zero-order valence-electron chi connectivity index (χ0n) is 15.9. The Morgan fingerprint density at radius 3 is 2.63 bits per heavy atom. The molecule has 0 fully saturated rings. The Bertz CT molecular complexity index is 1020. The fourth-order valence-electron chi connectivity index (χ4n) is 2.19. The molecule has 0 aliphatic carbocycles. The van der Waals surface area contributed by atoms with E-state index in [1.807, 2.05) is 0 Å². The van der Waals surface area contributed by atoms with Crippen LogP contribution in [0.2, 0.25) is 10.0 Å². The van der Waals surface area contributed by atoms with E-state index in [-0.39, 0.29) is 41.2 Å². The van der Waals surface area contributed by atoms with Crippen molar-refractivity contribution in [2.45, 2.75) is 17.2 Å². The van der Waals surface area contributed by atoms with Crippen LogP contribution in [0.4, 0.5) is 10.8 Å². The van der Waals surface area contributed by atoms with Gasteiger partial charge in [-0.1, -0.05) is 46.3 Å². The van der Waals surface area contributed by atoms with Crippen LogP contribution < -0.4 is 9.62 Å². The number of hydrogen-bond donors (Lipinski definition) is 1. The number of benzene rings is 1. The molecule has 1 heterocycles. The third kappa shape index (κ3) is 7.58. The van der Waals surface area contributed by atoms with Crippen molar-refractivity contribution in [3.05, 3.63) is 28.2 Å². The van der Waals surface area contributed by atoms with Crippen LogP contribution in [0.15, 0.2) is 22.5 Å². The average Bonchev–Trinajstić information content (AvgIpc) is 3.12. The van der Waals surface area contributed by atoms with Crippen molar-refractivity contribution in [3.63, 3.8) is 0 Å². The third-order valence-corrected chi connectivity index (χ3v) is 7.43. The van der Waals surface area contributed by atoms with Gasteiger partial charge in [0, 0.05) is 13.0 Å². The van der Waals surface area contributed by atoms with Gasteiger partial charge in [-0.15, -0.1) is 10.2 Å².